The summed E-state index contributed by atoms with van der Waals surface area (Å²) in [6, 6.07) is 11.1. The molecule has 2 rings (SSSR count). The highest BCUT2D eigenvalue weighted by atomic mass is 79.9. The fourth-order valence-corrected chi connectivity index (χ4v) is 4.37. The van der Waals surface area contributed by atoms with Crippen LogP contribution in [0, 0.1) is 11.6 Å². The molecule has 5 heteroatoms. The smallest absolute Gasteiger partial charge is 0.127 e. The van der Waals surface area contributed by atoms with Gasteiger partial charge in [-0.05, 0) is 41.8 Å². The number of hydrogen-bond donors (Lipinski definition) is 0. The fourth-order valence-electron chi connectivity index (χ4n) is 2.23. The minimum Gasteiger partial charge on any atom is -0.207 e. The molecule has 0 aliphatic carbocycles. The third-order valence-corrected chi connectivity index (χ3v) is 5.87. The summed E-state index contributed by atoms with van der Waals surface area (Å²) in [7, 11) is 0. The van der Waals surface area contributed by atoms with Gasteiger partial charge in [0, 0.05) is 21.1 Å². The summed E-state index contributed by atoms with van der Waals surface area (Å²) in [5.74, 6) is -0.638. The van der Waals surface area contributed by atoms with Crippen LogP contribution >= 0.6 is 43.5 Å². The molecule has 0 aromatic heterocycles. The zero-order valence-corrected chi connectivity index (χ0v) is 15.0. The zero-order valence-electron chi connectivity index (χ0n) is 11.1. The second-order valence-corrected chi connectivity index (χ2v) is 6.53. The highest BCUT2D eigenvalue weighted by molar-refractivity contribution is 9.09. The predicted molar refractivity (Wildman–Crippen MR) is 90.8 cm³/mol. The van der Waals surface area contributed by atoms with E-state index in [1.54, 1.807) is 18.2 Å². The summed E-state index contributed by atoms with van der Waals surface area (Å²) in [6.07, 6.45) is 0.440. The SMILES string of the molecule is Fc1cccc(C(CBr)(CBr)Cc2ccc(Cl)cc2F)c1. The predicted octanol–water partition coefficient (Wildman–Crippen LogP) is 5.89. The molecular weight excluding hydrogens is 425 g/mol. The van der Waals surface area contributed by atoms with Crippen molar-refractivity contribution in [2.45, 2.75) is 11.8 Å². The van der Waals surface area contributed by atoms with E-state index < -0.39 is 5.41 Å². The lowest BCUT2D eigenvalue weighted by atomic mass is 9.79. The lowest BCUT2D eigenvalue weighted by molar-refractivity contribution is 0.517. The van der Waals surface area contributed by atoms with Crippen molar-refractivity contribution in [3.8, 4) is 0 Å². The van der Waals surface area contributed by atoms with Crippen molar-refractivity contribution >= 4 is 43.5 Å². The Kier molecular flexibility index (Phi) is 5.81. The van der Waals surface area contributed by atoms with Gasteiger partial charge >= 0.3 is 0 Å². The van der Waals surface area contributed by atoms with E-state index >= 15 is 0 Å². The molecule has 0 atom stereocenters. The van der Waals surface area contributed by atoms with Gasteiger partial charge in [0.2, 0.25) is 0 Å². The summed E-state index contributed by atoms with van der Waals surface area (Å²) >= 11 is 12.8. The largest absolute Gasteiger partial charge is 0.207 e. The second kappa shape index (κ2) is 7.21. The van der Waals surface area contributed by atoms with Crippen LogP contribution in [-0.2, 0) is 11.8 Å². The van der Waals surface area contributed by atoms with Gasteiger partial charge in [0.25, 0.3) is 0 Å². The van der Waals surface area contributed by atoms with Gasteiger partial charge in [0.1, 0.15) is 11.6 Å². The van der Waals surface area contributed by atoms with Crippen LogP contribution in [0.3, 0.4) is 0 Å². The summed E-state index contributed by atoms with van der Waals surface area (Å²) in [5.41, 5.74) is 0.949. The Hall–Kier alpha value is -0.450. The van der Waals surface area contributed by atoms with Crippen LogP contribution in [0.15, 0.2) is 42.5 Å². The number of benzene rings is 2. The van der Waals surface area contributed by atoms with Gasteiger partial charge in [-0.1, -0.05) is 61.7 Å². The van der Waals surface area contributed by atoms with Gasteiger partial charge in [0.05, 0.1) is 0 Å². The first-order valence-electron chi connectivity index (χ1n) is 6.33. The Labute approximate surface area is 144 Å². The zero-order chi connectivity index (χ0) is 15.5. The van der Waals surface area contributed by atoms with E-state index in [9.17, 15) is 8.78 Å². The Morgan fingerprint density at radius 3 is 2.29 bits per heavy atom. The van der Waals surface area contributed by atoms with E-state index in [1.807, 2.05) is 6.07 Å². The minimum atomic E-state index is -0.434. The number of hydrogen-bond acceptors (Lipinski definition) is 0. The Morgan fingerprint density at radius 1 is 1.00 bits per heavy atom. The van der Waals surface area contributed by atoms with E-state index in [0.29, 0.717) is 27.7 Å². The molecule has 0 saturated heterocycles. The monoisotopic (exact) mass is 436 g/mol. The summed E-state index contributed by atoms with van der Waals surface area (Å²) < 4.78 is 27.6. The normalized spacial score (nSPS) is 11.7. The van der Waals surface area contributed by atoms with Crippen molar-refractivity contribution in [1.82, 2.24) is 0 Å². The lowest BCUT2D eigenvalue weighted by Crippen LogP contribution is -2.33. The van der Waals surface area contributed by atoms with Crippen LogP contribution in [0.1, 0.15) is 11.1 Å². The average Bonchev–Trinajstić information content (AvgIpc) is 2.47. The van der Waals surface area contributed by atoms with Gasteiger partial charge in [-0.3, -0.25) is 0 Å². The fraction of sp³-hybridized carbons (Fsp3) is 0.250. The molecule has 2 aromatic carbocycles. The summed E-state index contributed by atoms with van der Waals surface area (Å²) in [5, 5.41) is 1.53. The molecule has 0 bridgehead atoms. The topological polar surface area (TPSA) is 0 Å². The van der Waals surface area contributed by atoms with Crippen LogP contribution in [0.25, 0.3) is 0 Å². The quantitative estimate of drug-likeness (QED) is 0.511. The van der Waals surface area contributed by atoms with Gasteiger partial charge in [-0.15, -0.1) is 0 Å². The molecule has 0 aliphatic rings. The average molecular weight is 439 g/mol. The van der Waals surface area contributed by atoms with Crippen LogP contribution in [-0.4, -0.2) is 10.7 Å². The van der Waals surface area contributed by atoms with Crippen LogP contribution < -0.4 is 0 Å². The van der Waals surface area contributed by atoms with Crippen LogP contribution in [0.4, 0.5) is 8.78 Å². The maximum absolute atomic E-state index is 14.1. The first-order valence-corrected chi connectivity index (χ1v) is 8.95. The maximum atomic E-state index is 14.1. The Balaban J connectivity index is 2.43. The first-order chi connectivity index (χ1) is 10.0. The van der Waals surface area contributed by atoms with Gasteiger partial charge < -0.3 is 0 Å². The van der Waals surface area contributed by atoms with Crippen molar-refractivity contribution in [2.75, 3.05) is 10.7 Å². The van der Waals surface area contributed by atoms with Crippen molar-refractivity contribution in [2.24, 2.45) is 0 Å². The molecule has 21 heavy (non-hydrogen) atoms. The van der Waals surface area contributed by atoms with E-state index in [-0.39, 0.29) is 11.6 Å². The summed E-state index contributed by atoms with van der Waals surface area (Å²) in [4.78, 5) is 0. The highest BCUT2D eigenvalue weighted by Gasteiger charge is 2.31. The van der Waals surface area contributed by atoms with Gasteiger partial charge in [-0.25, -0.2) is 8.78 Å². The number of halogens is 5. The summed E-state index contributed by atoms with van der Waals surface area (Å²) in [6.45, 7) is 0. The lowest BCUT2D eigenvalue weighted by Gasteiger charge is -2.31. The van der Waals surface area contributed by atoms with Crippen molar-refractivity contribution in [3.63, 3.8) is 0 Å². The number of rotatable bonds is 5. The highest BCUT2D eigenvalue weighted by Crippen LogP contribution is 2.34. The van der Waals surface area contributed by atoms with Crippen molar-refractivity contribution < 1.29 is 8.78 Å². The molecular formula is C16H13Br2ClF2. The minimum absolute atomic E-state index is 0.296. The molecule has 0 aliphatic heterocycles. The van der Waals surface area contributed by atoms with Crippen molar-refractivity contribution in [3.05, 3.63) is 70.2 Å². The molecule has 0 radical (unpaired) electrons. The molecule has 0 spiro atoms. The molecule has 0 N–H and O–H groups in total. The Bertz CT molecular complexity index is 627. The molecule has 0 unspecified atom stereocenters. The maximum Gasteiger partial charge on any atom is 0.127 e. The standard InChI is InChI=1S/C16H13Br2ClF2/c17-9-16(10-18,12-2-1-3-14(20)6-12)8-11-4-5-13(19)7-15(11)21/h1-7H,8-10H2. The molecule has 0 saturated carbocycles. The van der Waals surface area contributed by atoms with Gasteiger partial charge in [-0.2, -0.15) is 0 Å². The molecule has 0 fully saturated rings. The molecule has 0 amide bonds. The third-order valence-electron chi connectivity index (χ3n) is 3.49. The van der Waals surface area contributed by atoms with E-state index in [1.165, 1.54) is 18.2 Å². The number of alkyl halides is 2. The van der Waals surface area contributed by atoms with E-state index in [4.69, 9.17) is 11.6 Å². The van der Waals surface area contributed by atoms with Crippen molar-refractivity contribution in [1.29, 1.82) is 0 Å². The third kappa shape index (κ3) is 3.85. The van der Waals surface area contributed by atoms with Crippen LogP contribution in [0.5, 0.6) is 0 Å². The molecule has 112 valence electrons. The molecule has 0 heterocycles. The van der Waals surface area contributed by atoms with E-state index in [0.717, 1.165) is 5.56 Å². The molecule has 0 nitrogen and oxygen atoms in total. The molecule has 2 aromatic rings. The Morgan fingerprint density at radius 2 is 1.71 bits per heavy atom. The first kappa shape index (κ1) is 16.9. The van der Waals surface area contributed by atoms with Gasteiger partial charge in [0.15, 0.2) is 0 Å². The van der Waals surface area contributed by atoms with Crippen LogP contribution in [0.2, 0.25) is 5.02 Å². The second-order valence-electron chi connectivity index (χ2n) is 4.97. The van der Waals surface area contributed by atoms with E-state index in [2.05, 4.69) is 31.9 Å².